The zero-order valence-corrected chi connectivity index (χ0v) is 22.5. The van der Waals surface area contributed by atoms with E-state index in [1.165, 1.54) is 50.3 Å². The predicted molar refractivity (Wildman–Crippen MR) is 149 cm³/mol. The van der Waals surface area contributed by atoms with Gasteiger partial charge in [0.1, 0.15) is 0 Å². The molecule has 3 aromatic carbocycles. The van der Waals surface area contributed by atoms with Gasteiger partial charge in [0.15, 0.2) is 0 Å². The van der Waals surface area contributed by atoms with Crippen LogP contribution in [-0.2, 0) is 10.8 Å². The Morgan fingerprint density at radius 1 is 0.657 bits per heavy atom. The maximum atomic E-state index is 4.91. The van der Waals surface area contributed by atoms with Gasteiger partial charge in [0, 0.05) is 16.4 Å². The Bertz CT molecular complexity index is 1350. The minimum Gasteiger partial charge on any atom is -0.236 e. The summed E-state index contributed by atoms with van der Waals surface area (Å²) in [5, 5.41) is 4.91. The van der Waals surface area contributed by atoms with Crippen LogP contribution >= 0.6 is 0 Å². The molecule has 0 fully saturated rings. The molecular formula is C33H38N2. The maximum Gasteiger partial charge on any atom is 0.0687 e. The van der Waals surface area contributed by atoms with E-state index in [1.807, 2.05) is 0 Å². The highest BCUT2D eigenvalue weighted by Crippen LogP contribution is 2.52. The van der Waals surface area contributed by atoms with Crippen molar-refractivity contribution in [1.82, 2.24) is 9.78 Å². The fourth-order valence-corrected chi connectivity index (χ4v) is 5.86. The van der Waals surface area contributed by atoms with Crippen LogP contribution in [0, 0.1) is 0 Å². The minimum absolute atomic E-state index is 0.0172. The van der Waals surface area contributed by atoms with Gasteiger partial charge in [0.05, 0.1) is 17.6 Å². The van der Waals surface area contributed by atoms with Crippen molar-refractivity contribution in [3.8, 4) is 27.9 Å². The smallest absolute Gasteiger partial charge is 0.0687 e. The molecule has 2 heterocycles. The summed E-state index contributed by atoms with van der Waals surface area (Å²) in [7, 11) is 0. The second kappa shape index (κ2) is 8.22. The Hall–Kier alpha value is -3.13. The Kier molecular flexibility index (Phi) is 5.55. The van der Waals surface area contributed by atoms with Crippen LogP contribution in [0.25, 0.3) is 27.9 Å². The second-order valence-electron chi connectivity index (χ2n) is 11.8. The zero-order valence-electron chi connectivity index (χ0n) is 22.5. The molecule has 0 radical (unpaired) electrons. The fraction of sp³-hybridized carbons (Fsp3) is 0.364. The van der Waals surface area contributed by atoms with Crippen LogP contribution in [0.4, 0.5) is 0 Å². The van der Waals surface area contributed by atoms with E-state index < -0.39 is 0 Å². The summed E-state index contributed by atoms with van der Waals surface area (Å²) < 4.78 is 2.18. The lowest BCUT2D eigenvalue weighted by atomic mass is 9.59. The van der Waals surface area contributed by atoms with E-state index in [4.69, 9.17) is 5.10 Å². The number of hydrogen-bond donors (Lipinski definition) is 0. The molecule has 0 N–H and O–H groups in total. The summed E-state index contributed by atoms with van der Waals surface area (Å²) in [6.07, 6.45) is 2.06. The monoisotopic (exact) mass is 462 g/mol. The van der Waals surface area contributed by atoms with Gasteiger partial charge in [-0.05, 0) is 51.3 Å². The number of para-hydroxylation sites is 1. The van der Waals surface area contributed by atoms with E-state index in [9.17, 15) is 0 Å². The number of aromatic nitrogens is 2. The van der Waals surface area contributed by atoms with Gasteiger partial charge in [-0.2, -0.15) is 5.10 Å². The van der Waals surface area contributed by atoms with Crippen molar-refractivity contribution in [2.45, 2.75) is 78.1 Å². The van der Waals surface area contributed by atoms with E-state index in [0.29, 0.717) is 11.8 Å². The van der Waals surface area contributed by atoms with Crippen LogP contribution in [0.15, 0.2) is 72.9 Å². The zero-order chi connectivity index (χ0) is 25.1. The van der Waals surface area contributed by atoms with Crippen molar-refractivity contribution in [2.24, 2.45) is 0 Å². The topological polar surface area (TPSA) is 17.8 Å². The van der Waals surface area contributed by atoms with E-state index in [2.05, 4.69) is 133 Å². The van der Waals surface area contributed by atoms with Crippen LogP contribution in [0.1, 0.15) is 89.6 Å². The molecule has 0 amide bonds. The van der Waals surface area contributed by atoms with E-state index >= 15 is 0 Å². The minimum atomic E-state index is -0.0824. The Morgan fingerprint density at radius 3 is 1.83 bits per heavy atom. The van der Waals surface area contributed by atoms with Gasteiger partial charge in [-0.15, -0.1) is 0 Å². The molecule has 35 heavy (non-hydrogen) atoms. The molecule has 2 nitrogen and oxygen atoms in total. The highest BCUT2D eigenvalue weighted by Gasteiger charge is 2.48. The third-order valence-corrected chi connectivity index (χ3v) is 8.59. The third kappa shape index (κ3) is 3.49. The quantitative estimate of drug-likeness (QED) is 0.296. The average molecular weight is 463 g/mol. The standard InChI is InChI=1S/C33H38N2/c1-21(2)25-12-11-13-26(22(3)4)30(25)24-18-16-23(17-19-24)27-20-34-35-29-15-10-9-14-28(29)32(5,6)33(7,8)31(27)35/h9-22H,1-8H3. The lowest BCUT2D eigenvalue weighted by Crippen LogP contribution is -2.46. The molecule has 0 spiro atoms. The lowest BCUT2D eigenvalue weighted by Gasteiger charge is -2.47. The number of rotatable bonds is 4. The van der Waals surface area contributed by atoms with Crippen LogP contribution < -0.4 is 0 Å². The largest absolute Gasteiger partial charge is 0.236 e. The molecule has 0 saturated heterocycles. The summed E-state index contributed by atoms with van der Waals surface area (Å²) in [6, 6.07) is 24.7. The molecule has 180 valence electrons. The summed E-state index contributed by atoms with van der Waals surface area (Å²) in [5.74, 6) is 0.961. The maximum absolute atomic E-state index is 4.91. The van der Waals surface area contributed by atoms with E-state index in [0.717, 1.165) is 0 Å². The van der Waals surface area contributed by atoms with Gasteiger partial charge in [-0.1, -0.05) is 116 Å². The first-order valence-electron chi connectivity index (χ1n) is 13.0. The highest BCUT2D eigenvalue weighted by atomic mass is 15.3. The molecule has 2 heteroatoms. The van der Waals surface area contributed by atoms with Crippen molar-refractivity contribution in [3.63, 3.8) is 0 Å². The molecule has 1 aliphatic heterocycles. The van der Waals surface area contributed by atoms with Crippen molar-refractivity contribution < 1.29 is 0 Å². The summed E-state index contributed by atoms with van der Waals surface area (Å²) in [6.45, 7) is 18.6. The normalized spacial score (nSPS) is 15.8. The summed E-state index contributed by atoms with van der Waals surface area (Å²) >= 11 is 0. The second-order valence-corrected chi connectivity index (χ2v) is 11.8. The molecule has 0 unspecified atom stereocenters. The number of hydrogen-bond acceptors (Lipinski definition) is 1. The lowest BCUT2D eigenvalue weighted by molar-refractivity contribution is 0.276. The molecule has 1 aliphatic rings. The fourth-order valence-electron chi connectivity index (χ4n) is 5.86. The first-order chi connectivity index (χ1) is 16.6. The van der Waals surface area contributed by atoms with Gasteiger partial charge >= 0.3 is 0 Å². The van der Waals surface area contributed by atoms with Crippen LogP contribution in [0.3, 0.4) is 0 Å². The van der Waals surface area contributed by atoms with E-state index in [1.54, 1.807) is 0 Å². The number of benzene rings is 3. The first kappa shape index (κ1) is 23.6. The Morgan fingerprint density at radius 2 is 1.23 bits per heavy atom. The Balaban J connectivity index is 1.65. The van der Waals surface area contributed by atoms with Gasteiger partial charge in [0.25, 0.3) is 0 Å². The average Bonchev–Trinajstić information content (AvgIpc) is 3.29. The molecule has 4 aromatic rings. The molecule has 0 saturated carbocycles. The molecule has 0 bridgehead atoms. The molecule has 0 aliphatic carbocycles. The van der Waals surface area contributed by atoms with E-state index in [-0.39, 0.29) is 10.8 Å². The van der Waals surface area contributed by atoms with Crippen molar-refractivity contribution in [2.75, 3.05) is 0 Å². The van der Waals surface area contributed by atoms with Gasteiger partial charge in [-0.25, -0.2) is 4.68 Å². The van der Waals surface area contributed by atoms with Crippen LogP contribution in [0.5, 0.6) is 0 Å². The first-order valence-corrected chi connectivity index (χ1v) is 13.0. The number of nitrogens with zero attached hydrogens (tertiary/aromatic N) is 2. The van der Waals surface area contributed by atoms with Gasteiger partial charge < -0.3 is 0 Å². The van der Waals surface area contributed by atoms with Gasteiger partial charge in [0.2, 0.25) is 0 Å². The molecular weight excluding hydrogens is 424 g/mol. The van der Waals surface area contributed by atoms with Gasteiger partial charge in [-0.3, -0.25) is 0 Å². The predicted octanol–water partition coefficient (Wildman–Crippen LogP) is 9.02. The summed E-state index contributed by atoms with van der Waals surface area (Å²) in [5.41, 5.74) is 11.7. The van der Waals surface area contributed by atoms with Crippen molar-refractivity contribution in [1.29, 1.82) is 0 Å². The molecule has 5 rings (SSSR count). The number of fused-ring (bicyclic) bond motifs is 3. The van der Waals surface area contributed by atoms with Crippen molar-refractivity contribution >= 4 is 0 Å². The molecule has 0 atom stereocenters. The summed E-state index contributed by atoms with van der Waals surface area (Å²) in [4.78, 5) is 0. The highest BCUT2D eigenvalue weighted by molar-refractivity contribution is 5.77. The SMILES string of the molecule is CC(C)c1cccc(C(C)C)c1-c1ccc(-c2cnn3c2C(C)(C)C(C)(C)c2ccccc2-3)cc1. The van der Waals surface area contributed by atoms with Crippen LogP contribution in [0.2, 0.25) is 0 Å². The van der Waals surface area contributed by atoms with Crippen molar-refractivity contribution in [3.05, 3.63) is 95.3 Å². The Labute approximate surface area is 211 Å². The molecule has 1 aromatic heterocycles. The third-order valence-electron chi connectivity index (χ3n) is 8.59. The van der Waals surface area contributed by atoms with Crippen LogP contribution in [-0.4, -0.2) is 9.78 Å².